The Kier molecular flexibility index (Phi) is 3.21. The molecule has 0 atom stereocenters. The molecule has 1 aromatic heterocycles. The monoisotopic (exact) mass is 323 g/mol. The second kappa shape index (κ2) is 4.95. The molecule has 1 fully saturated rings. The van der Waals surface area contributed by atoms with Gasteiger partial charge in [-0.15, -0.1) is 0 Å². The van der Waals surface area contributed by atoms with E-state index in [-0.39, 0.29) is 0 Å². The fourth-order valence-electron chi connectivity index (χ4n) is 2.18. The number of hydrogen-bond acceptors (Lipinski definition) is 5. The first-order valence-corrected chi connectivity index (χ1v) is 7.59. The molecule has 0 saturated carbocycles. The van der Waals surface area contributed by atoms with E-state index in [1.807, 2.05) is 0 Å². The van der Waals surface area contributed by atoms with E-state index in [0.29, 0.717) is 15.4 Å². The molecule has 1 amide bonds. The van der Waals surface area contributed by atoms with Crippen molar-refractivity contribution in [2.75, 3.05) is 10.8 Å². The first-order valence-electron chi connectivity index (χ1n) is 6.15. The maximum atomic E-state index is 14.3. The van der Waals surface area contributed by atoms with Gasteiger partial charge in [-0.1, -0.05) is 6.07 Å². The number of phenolic OH excluding ortho intramolecular Hbond substituents is 1. The van der Waals surface area contributed by atoms with Gasteiger partial charge in [-0.2, -0.15) is 8.42 Å². The van der Waals surface area contributed by atoms with E-state index in [2.05, 4.69) is 4.98 Å². The lowest BCUT2D eigenvalue weighted by molar-refractivity contribution is -0.117. The number of hydrogen-bond donors (Lipinski definition) is 2. The fourth-order valence-corrected chi connectivity index (χ4v) is 3.35. The van der Waals surface area contributed by atoms with Crippen molar-refractivity contribution in [2.24, 2.45) is 0 Å². The highest BCUT2D eigenvalue weighted by molar-refractivity contribution is 7.92. The normalized spacial score (nSPS) is 16.6. The van der Waals surface area contributed by atoms with Crippen molar-refractivity contribution in [1.29, 1.82) is 0 Å². The minimum atomic E-state index is -4.19. The molecule has 7 nitrogen and oxygen atoms in total. The summed E-state index contributed by atoms with van der Waals surface area (Å²) in [6.45, 7) is -0.584. The summed E-state index contributed by atoms with van der Waals surface area (Å²) in [5.41, 5.74) is 0.329. The first kappa shape index (κ1) is 14.3. The largest absolute Gasteiger partial charge is 0.506 e. The molecule has 0 spiro atoms. The smallest absolute Gasteiger partial charge is 0.326 e. The molecule has 0 aliphatic carbocycles. The zero-order valence-corrected chi connectivity index (χ0v) is 11.8. The summed E-state index contributed by atoms with van der Waals surface area (Å²) in [4.78, 5) is 15.1. The standard InChI is InChI=1S/C13H10FN3O4S/c14-10-4-9(8-2-1-3-15-6-8)5-11(18)13(10)17-7-12(19)16-22(17,20)21/h1-6,18H,7H2,(H,16,19). The third-order valence-corrected chi connectivity index (χ3v) is 4.49. The van der Waals surface area contributed by atoms with Gasteiger partial charge in [0.25, 0.3) is 5.91 Å². The molecular formula is C13H10FN3O4S. The molecule has 2 heterocycles. The second-order valence-electron chi connectivity index (χ2n) is 4.60. The average Bonchev–Trinajstić information content (AvgIpc) is 2.72. The van der Waals surface area contributed by atoms with Crippen LogP contribution in [0.1, 0.15) is 0 Å². The van der Waals surface area contributed by atoms with Crippen LogP contribution in [0.15, 0.2) is 36.7 Å². The van der Waals surface area contributed by atoms with E-state index in [9.17, 15) is 22.7 Å². The van der Waals surface area contributed by atoms with Gasteiger partial charge in [0, 0.05) is 18.0 Å². The Morgan fingerprint density at radius 2 is 2.09 bits per heavy atom. The molecule has 2 N–H and O–H groups in total. The minimum Gasteiger partial charge on any atom is -0.506 e. The van der Waals surface area contributed by atoms with Crippen LogP contribution < -0.4 is 9.03 Å². The van der Waals surface area contributed by atoms with E-state index < -0.39 is 39.9 Å². The average molecular weight is 323 g/mol. The summed E-state index contributed by atoms with van der Waals surface area (Å²) >= 11 is 0. The zero-order chi connectivity index (χ0) is 15.9. The highest BCUT2D eigenvalue weighted by Gasteiger charge is 2.37. The van der Waals surface area contributed by atoms with Gasteiger partial charge in [-0.25, -0.2) is 13.4 Å². The van der Waals surface area contributed by atoms with Crippen LogP contribution in [0.5, 0.6) is 5.75 Å². The number of aromatic hydroxyl groups is 1. The van der Waals surface area contributed by atoms with E-state index in [0.717, 1.165) is 6.07 Å². The number of nitrogens with zero attached hydrogens (tertiary/aromatic N) is 2. The Labute approximate surface area is 125 Å². The lowest BCUT2D eigenvalue weighted by atomic mass is 10.1. The lowest BCUT2D eigenvalue weighted by Crippen LogP contribution is -2.30. The maximum absolute atomic E-state index is 14.3. The van der Waals surface area contributed by atoms with Crippen molar-refractivity contribution < 1.29 is 22.7 Å². The van der Waals surface area contributed by atoms with E-state index in [4.69, 9.17) is 0 Å². The van der Waals surface area contributed by atoms with Gasteiger partial charge in [0.1, 0.15) is 18.0 Å². The molecule has 0 unspecified atom stereocenters. The number of amides is 1. The van der Waals surface area contributed by atoms with Crippen LogP contribution in [-0.2, 0) is 15.0 Å². The molecular weight excluding hydrogens is 313 g/mol. The van der Waals surface area contributed by atoms with E-state index in [1.54, 1.807) is 23.1 Å². The van der Waals surface area contributed by atoms with Crippen LogP contribution in [0.4, 0.5) is 10.1 Å². The van der Waals surface area contributed by atoms with Gasteiger partial charge in [-0.05, 0) is 23.8 Å². The van der Waals surface area contributed by atoms with Gasteiger partial charge < -0.3 is 5.11 Å². The summed E-state index contributed by atoms with van der Waals surface area (Å²) in [6, 6.07) is 5.60. The van der Waals surface area contributed by atoms with E-state index in [1.165, 1.54) is 12.3 Å². The highest BCUT2D eigenvalue weighted by atomic mass is 32.2. The molecule has 2 aromatic rings. The predicted octanol–water partition coefficient (Wildman–Crippen LogP) is 0.774. The van der Waals surface area contributed by atoms with Crippen molar-refractivity contribution in [2.45, 2.75) is 0 Å². The summed E-state index contributed by atoms with van der Waals surface area (Å²) in [5, 5.41) is 10.0. The molecule has 9 heteroatoms. The SMILES string of the molecule is O=C1CN(c2c(O)cc(-c3cccnc3)cc2F)S(=O)(=O)N1. The van der Waals surface area contributed by atoms with Crippen LogP contribution in [0.25, 0.3) is 11.1 Å². The van der Waals surface area contributed by atoms with Crippen LogP contribution in [-0.4, -0.2) is 31.0 Å². The molecule has 3 rings (SSSR count). The second-order valence-corrected chi connectivity index (χ2v) is 6.20. The van der Waals surface area contributed by atoms with Gasteiger partial charge in [0.05, 0.1) is 0 Å². The van der Waals surface area contributed by atoms with Crippen LogP contribution >= 0.6 is 0 Å². The van der Waals surface area contributed by atoms with E-state index >= 15 is 0 Å². The molecule has 1 aliphatic rings. The fraction of sp³-hybridized carbons (Fsp3) is 0.0769. The number of halogens is 1. The number of phenols is 1. The Balaban J connectivity index is 2.10. The molecule has 1 aliphatic heterocycles. The molecule has 0 bridgehead atoms. The highest BCUT2D eigenvalue weighted by Crippen LogP contribution is 2.37. The van der Waals surface area contributed by atoms with Gasteiger partial charge in [-0.3, -0.25) is 9.78 Å². The van der Waals surface area contributed by atoms with Gasteiger partial charge in [0.2, 0.25) is 0 Å². The number of carbonyl (C=O) groups is 1. The third kappa shape index (κ3) is 2.35. The number of pyridine rings is 1. The maximum Gasteiger partial charge on any atom is 0.326 e. The van der Waals surface area contributed by atoms with Crippen molar-refractivity contribution in [1.82, 2.24) is 9.71 Å². The van der Waals surface area contributed by atoms with Crippen LogP contribution in [0.3, 0.4) is 0 Å². The summed E-state index contributed by atoms with van der Waals surface area (Å²) in [6.07, 6.45) is 3.02. The molecule has 1 aromatic carbocycles. The summed E-state index contributed by atoms with van der Waals surface area (Å²) in [7, 11) is -4.19. The first-order chi connectivity index (χ1) is 10.4. The van der Waals surface area contributed by atoms with Crippen molar-refractivity contribution in [3.8, 4) is 16.9 Å². The molecule has 1 saturated heterocycles. The summed E-state index contributed by atoms with van der Waals surface area (Å²) < 4.78 is 40.0. The number of nitrogens with one attached hydrogen (secondary N) is 1. The zero-order valence-electron chi connectivity index (χ0n) is 11.0. The predicted molar refractivity (Wildman–Crippen MR) is 75.7 cm³/mol. The van der Waals surface area contributed by atoms with Crippen LogP contribution in [0, 0.1) is 5.82 Å². The minimum absolute atomic E-state index is 0.336. The Morgan fingerprint density at radius 1 is 1.32 bits per heavy atom. The lowest BCUT2D eigenvalue weighted by Gasteiger charge is -2.17. The summed E-state index contributed by atoms with van der Waals surface area (Å²) in [5.74, 6) is -2.34. The Morgan fingerprint density at radius 3 is 2.64 bits per heavy atom. The van der Waals surface area contributed by atoms with Gasteiger partial charge in [0.15, 0.2) is 5.82 Å². The van der Waals surface area contributed by atoms with Crippen molar-refractivity contribution in [3.63, 3.8) is 0 Å². The number of benzene rings is 1. The number of anilines is 1. The van der Waals surface area contributed by atoms with Crippen molar-refractivity contribution in [3.05, 3.63) is 42.5 Å². The topological polar surface area (TPSA) is 99.6 Å². The molecule has 114 valence electrons. The molecule has 0 radical (unpaired) electrons. The quantitative estimate of drug-likeness (QED) is 0.850. The number of aromatic nitrogens is 1. The van der Waals surface area contributed by atoms with Crippen LogP contribution in [0.2, 0.25) is 0 Å². The van der Waals surface area contributed by atoms with Gasteiger partial charge >= 0.3 is 10.2 Å². The Bertz CT molecular complexity index is 832. The number of rotatable bonds is 2. The third-order valence-electron chi connectivity index (χ3n) is 3.11. The number of carbonyl (C=O) groups excluding carboxylic acids is 1. The Hall–Kier alpha value is -2.68. The van der Waals surface area contributed by atoms with Crippen molar-refractivity contribution >= 4 is 21.8 Å². The molecule has 22 heavy (non-hydrogen) atoms.